The highest BCUT2D eigenvalue weighted by atomic mass is 32.2. The Morgan fingerprint density at radius 1 is 0.925 bits per heavy atom. The van der Waals surface area contributed by atoms with Crippen molar-refractivity contribution in [3.63, 3.8) is 0 Å². The van der Waals surface area contributed by atoms with E-state index in [0.29, 0.717) is 15.9 Å². The summed E-state index contributed by atoms with van der Waals surface area (Å²) in [4.78, 5) is 27.6. The van der Waals surface area contributed by atoms with Crippen molar-refractivity contribution in [1.29, 1.82) is 0 Å². The van der Waals surface area contributed by atoms with E-state index in [4.69, 9.17) is 0 Å². The molecule has 0 unspecified atom stereocenters. The van der Waals surface area contributed by atoms with Crippen LogP contribution in [-0.4, -0.2) is 44.3 Å². The van der Waals surface area contributed by atoms with Crippen molar-refractivity contribution in [3.8, 4) is 0 Å². The number of sulfonamides is 1. The fraction of sp³-hybridized carbons (Fsp3) is 0.286. The molecule has 2 amide bonds. The van der Waals surface area contributed by atoms with Gasteiger partial charge in [0.1, 0.15) is 18.4 Å². The van der Waals surface area contributed by atoms with E-state index in [9.17, 15) is 35.6 Å². The van der Waals surface area contributed by atoms with Gasteiger partial charge in [-0.3, -0.25) is 13.9 Å². The summed E-state index contributed by atoms with van der Waals surface area (Å²) >= 11 is 0. The standard InChI is InChI=1S/C28H29F4N3O4S/c1-3-25(27(37)33-4-2)34(18-20-13-15-22(29)16-14-20)26(36)19-35(40(38,39)24-11-6-5-7-12-24)23-10-8-9-21(17-23)28(30,31)32/h5-17,25H,3-4,18-19H2,1-2H3,(H,33,37)/t25-/m0/s1. The lowest BCUT2D eigenvalue weighted by molar-refractivity contribution is -0.140. The van der Waals surface area contributed by atoms with E-state index in [0.717, 1.165) is 23.1 Å². The maximum absolute atomic E-state index is 13.8. The average molecular weight is 580 g/mol. The third-order valence-electron chi connectivity index (χ3n) is 6.07. The Balaban J connectivity index is 2.10. The molecule has 3 aromatic carbocycles. The van der Waals surface area contributed by atoms with Crippen molar-refractivity contribution < 1.29 is 35.6 Å². The third-order valence-corrected chi connectivity index (χ3v) is 7.86. The van der Waals surface area contributed by atoms with E-state index in [1.165, 1.54) is 48.5 Å². The summed E-state index contributed by atoms with van der Waals surface area (Å²) < 4.78 is 82.0. The number of carbonyl (C=O) groups excluding carboxylic acids is 2. The first-order valence-corrected chi connectivity index (χ1v) is 13.9. The molecule has 0 fully saturated rings. The first-order valence-electron chi connectivity index (χ1n) is 12.4. The minimum Gasteiger partial charge on any atom is -0.355 e. The van der Waals surface area contributed by atoms with Crippen molar-refractivity contribution in [2.45, 2.75) is 43.9 Å². The maximum atomic E-state index is 13.8. The van der Waals surface area contributed by atoms with Gasteiger partial charge >= 0.3 is 6.18 Å². The normalized spacial score (nSPS) is 12.4. The lowest BCUT2D eigenvalue weighted by Crippen LogP contribution is -2.52. The number of benzene rings is 3. The Morgan fingerprint density at radius 2 is 1.57 bits per heavy atom. The van der Waals surface area contributed by atoms with Gasteiger partial charge in [0.25, 0.3) is 10.0 Å². The maximum Gasteiger partial charge on any atom is 0.416 e. The first-order chi connectivity index (χ1) is 18.9. The summed E-state index contributed by atoms with van der Waals surface area (Å²) in [7, 11) is -4.52. The number of hydrogen-bond donors (Lipinski definition) is 1. The van der Waals surface area contributed by atoms with Crippen LogP contribution < -0.4 is 9.62 Å². The summed E-state index contributed by atoms with van der Waals surface area (Å²) in [5.74, 6) is -1.83. The molecular weight excluding hydrogens is 550 g/mol. The molecule has 7 nitrogen and oxygen atoms in total. The quantitative estimate of drug-likeness (QED) is 0.325. The average Bonchev–Trinajstić information content (AvgIpc) is 2.92. The topological polar surface area (TPSA) is 86.8 Å². The van der Waals surface area contributed by atoms with E-state index in [1.54, 1.807) is 19.9 Å². The number of halogens is 4. The SMILES string of the molecule is CCNC(=O)[C@H](CC)N(Cc1ccc(F)cc1)C(=O)CN(c1cccc(C(F)(F)F)c1)S(=O)(=O)c1ccccc1. The van der Waals surface area contributed by atoms with Crippen LogP contribution in [0.3, 0.4) is 0 Å². The van der Waals surface area contributed by atoms with Crippen molar-refractivity contribution in [2.75, 3.05) is 17.4 Å². The lowest BCUT2D eigenvalue weighted by Gasteiger charge is -2.33. The van der Waals surface area contributed by atoms with Crippen molar-refractivity contribution in [2.24, 2.45) is 0 Å². The molecule has 0 saturated heterocycles. The highest BCUT2D eigenvalue weighted by molar-refractivity contribution is 7.92. The molecule has 40 heavy (non-hydrogen) atoms. The van der Waals surface area contributed by atoms with Gasteiger partial charge < -0.3 is 10.2 Å². The lowest BCUT2D eigenvalue weighted by atomic mass is 10.1. The summed E-state index contributed by atoms with van der Waals surface area (Å²) in [5, 5.41) is 2.64. The molecule has 214 valence electrons. The number of nitrogens with zero attached hydrogens (tertiary/aromatic N) is 2. The van der Waals surface area contributed by atoms with Crippen LogP contribution in [0, 0.1) is 5.82 Å². The summed E-state index contributed by atoms with van der Waals surface area (Å²) in [6.07, 6.45) is -4.60. The molecule has 3 aromatic rings. The fourth-order valence-corrected chi connectivity index (χ4v) is 5.51. The van der Waals surface area contributed by atoms with Crippen LogP contribution in [-0.2, 0) is 32.3 Å². The van der Waals surface area contributed by atoms with Crippen LogP contribution in [0.1, 0.15) is 31.4 Å². The van der Waals surface area contributed by atoms with Crippen LogP contribution in [0.25, 0.3) is 0 Å². The molecule has 1 atom stereocenters. The van der Waals surface area contributed by atoms with Gasteiger partial charge in [-0.2, -0.15) is 13.2 Å². The van der Waals surface area contributed by atoms with Crippen molar-refractivity contribution >= 4 is 27.5 Å². The van der Waals surface area contributed by atoms with E-state index >= 15 is 0 Å². The number of anilines is 1. The first kappa shape index (κ1) is 30.6. The molecular formula is C28H29F4N3O4S. The van der Waals surface area contributed by atoms with Gasteiger partial charge in [0, 0.05) is 13.1 Å². The zero-order valence-corrected chi connectivity index (χ0v) is 22.7. The highest BCUT2D eigenvalue weighted by Gasteiger charge is 2.35. The molecule has 0 aliphatic carbocycles. The monoisotopic (exact) mass is 579 g/mol. The summed E-state index contributed by atoms with van der Waals surface area (Å²) in [6, 6.07) is 14.8. The number of carbonyl (C=O) groups is 2. The Labute approximate surface area is 230 Å². The molecule has 0 aliphatic rings. The highest BCUT2D eigenvalue weighted by Crippen LogP contribution is 2.33. The smallest absolute Gasteiger partial charge is 0.355 e. The van der Waals surface area contributed by atoms with Gasteiger partial charge in [0.05, 0.1) is 16.1 Å². The van der Waals surface area contributed by atoms with E-state index in [2.05, 4.69) is 5.32 Å². The molecule has 0 heterocycles. The number of likely N-dealkylation sites (N-methyl/N-ethyl adjacent to an activating group) is 1. The van der Waals surface area contributed by atoms with Gasteiger partial charge in [0.2, 0.25) is 11.8 Å². The Hall–Kier alpha value is -3.93. The third kappa shape index (κ3) is 7.38. The van der Waals surface area contributed by atoms with Crippen LogP contribution in [0.2, 0.25) is 0 Å². The largest absolute Gasteiger partial charge is 0.416 e. The molecule has 0 saturated carbocycles. The fourth-order valence-electron chi connectivity index (χ4n) is 4.08. The number of nitrogens with one attached hydrogen (secondary N) is 1. The van der Waals surface area contributed by atoms with Crippen LogP contribution in [0.4, 0.5) is 23.2 Å². The van der Waals surface area contributed by atoms with Gasteiger partial charge in [-0.1, -0.05) is 43.3 Å². The second kappa shape index (κ2) is 12.9. The predicted octanol–water partition coefficient (Wildman–Crippen LogP) is 4.98. The second-order valence-electron chi connectivity index (χ2n) is 8.84. The Kier molecular flexibility index (Phi) is 9.91. The van der Waals surface area contributed by atoms with Crippen LogP contribution in [0.5, 0.6) is 0 Å². The van der Waals surface area contributed by atoms with E-state index in [-0.39, 0.29) is 30.1 Å². The number of rotatable bonds is 11. The second-order valence-corrected chi connectivity index (χ2v) is 10.7. The minimum absolute atomic E-state index is 0.160. The van der Waals surface area contributed by atoms with E-state index < -0.39 is 52.0 Å². The number of alkyl halides is 3. The van der Waals surface area contributed by atoms with Gasteiger partial charge in [0.15, 0.2) is 0 Å². The number of amides is 2. The summed E-state index contributed by atoms with van der Waals surface area (Å²) in [5.41, 5.74) is -1.00. The van der Waals surface area contributed by atoms with Gasteiger partial charge in [-0.05, 0) is 61.4 Å². The van der Waals surface area contributed by atoms with Crippen LogP contribution in [0.15, 0.2) is 83.8 Å². The molecule has 0 aliphatic heterocycles. The molecule has 0 aromatic heterocycles. The zero-order valence-electron chi connectivity index (χ0n) is 21.9. The summed E-state index contributed by atoms with van der Waals surface area (Å²) in [6.45, 7) is 2.56. The Morgan fingerprint density at radius 3 is 2.15 bits per heavy atom. The Bertz CT molecular complexity index is 1420. The zero-order chi connectivity index (χ0) is 29.5. The van der Waals surface area contributed by atoms with Crippen molar-refractivity contribution in [1.82, 2.24) is 10.2 Å². The molecule has 0 spiro atoms. The van der Waals surface area contributed by atoms with E-state index in [1.807, 2.05) is 0 Å². The predicted molar refractivity (Wildman–Crippen MR) is 142 cm³/mol. The molecule has 0 radical (unpaired) electrons. The molecule has 12 heteroatoms. The minimum atomic E-state index is -4.76. The van der Waals surface area contributed by atoms with Gasteiger partial charge in [-0.15, -0.1) is 0 Å². The molecule has 1 N–H and O–H groups in total. The van der Waals surface area contributed by atoms with Gasteiger partial charge in [-0.25, -0.2) is 12.8 Å². The van der Waals surface area contributed by atoms with Crippen LogP contribution >= 0.6 is 0 Å². The van der Waals surface area contributed by atoms with Crippen molar-refractivity contribution in [3.05, 3.63) is 95.8 Å². The molecule has 0 bridgehead atoms. The number of hydrogen-bond acceptors (Lipinski definition) is 4. The molecule has 3 rings (SSSR count).